The molecule has 0 aromatic heterocycles. The molecular formula is C15H27N3O. The standard InChI is InChI=1S/C15H27N3O/c16-15(6-2-3-7-15)11-14(19)18-10-9-17-8-4-1-5-13(17)12-18/h13H,1-12,16H2. The SMILES string of the molecule is NC1(CC(=O)N2CCN3CCCCC3C2)CCCC1. The van der Waals surface area contributed by atoms with Gasteiger partial charge >= 0.3 is 0 Å². The predicted molar refractivity (Wildman–Crippen MR) is 75.8 cm³/mol. The molecule has 3 rings (SSSR count). The Bertz CT molecular complexity index is 338. The fourth-order valence-electron chi connectivity index (χ4n) is 4.05. The number of amides is 1. The lowest BCUT2D eigenvalue weighted by molar-refractivity contribution is -0.136. The molecule has 3 fully saturated rings. The van der Waals surface area contributed by atoms with Gasteiger partial charge in [0.15, 0.2) is 0 Å². The Morgan fingerprint density at radius 2 is 1.89 bits per heavy atom. The van der Waals surface area contributed by atoms with Crippen LogP contribution in [0.2, 0.25) is 0 Å². The summed E-state index contributed by atoms with van der Waals surface area (Å²) in [5, 5.41) is 0. The Hall–Kier alpha value is -0.610. The highest BCUT2D eigenvalue weighted by Crippen LogP contribution is 2.31. The normalized spacial score (nSPS) is 31.2. The van der Waals surface area contributed by atoms with Crippen LogP contribution in [0.5, 0.6) is 0 Å². The summed E-state index contributed by atoms with van der Waals surface area (Å²) in [6.45, 7) is 4.14. The molecule has 1 amide bonds. The van der Waals surface area contributed by atoms with Crippen molar-refractivity contribution in [3.63, 3.8) is 0 Å². The van der Waals surface area contributed by atoms with Crippen molar-refractivity contribution in [2.75, 3.05) is 26.2 Å². The third-order valence-corrected chi connectivity index (χ3v) is 5.29. The van der Waals surface area contributed by atoms with E-state index in [1.54, 1.807) is 0 Å². The van der Waals surface area contributed by atoms with Crippen LogP contribution in [0.1, 0.15) is 51.4 Å². The first-order valence-corrected chi connectivity index (χ1v) is 7.97. The van der Waals surface area contributed by atoms with Crippen molar-refractivity contribution in [3.05, 3.63) is 0 Å². The maximum absolute atomic E-state index is 12.5. The second-order valence-electron chi connectivity index (χ2n) is 6.77. The Morgan fingerprint density at radius 1 is 1.11 bits per heavy atom. The molecule has 1 unspecified atom stereocenters. The summed E-state index contributed by atoms with van der Waals surface area (Å²) in [5.41, 5.74) is 6.15. The van der Waals surface area contributed by atoms with Gasteiger partial charge < -0.3 is 10.6 Å². The first-order chi connectivity index (χ1) is 9.16. The van der Waals surface area contributed by atoms with E-state index in [0.717, 1.165) is 32.5 Å². The molecule has 2 saturated heterocycles. The van der Waals surface area contributed by atoms with E-state index in [4.69, 9.17) is 5.73 Å². The molecule has 19 heavy (non-hydrogen) atoms. The van der Waals surface area contributed by atoms with Gasteiger partial charge in [0, 0.05) is 37.6 Å². The van der Waals surface area contributed by atoms with Crippen molar-refractivity contribution in [2.45, 2.75) is 62.9 Å². The second-order valence-corrected chi connectivity index (χ2v) is 6.77. The summed E-state index contributed by atoms with van der Waals surface area (Å²) in [6.07, 6.45) is 8.93. The van der Waals surface area contributed by atoms with Gasteiger partial charge in [0.2, 0.25) is 5.91 Å². The van der Waals surface area contributed by atoms with E-state index in [9.17, 15) is 4.79 Å². The van der Waals surface area contributed by atoms with Crippen LogP contribution in [-0.2, 0) is 4.79 Å². The van der Waals surface area contributed by atoms with Crippen LogP contribution in [-0.4, -0.2) is 53.5 Å². The molecule has 0 aromatic rings. The quantitative estimate of drug-likeness (QED) is 0.820. The van der Waals surface area contributed by atoms with Gasteiger partial charge in [0.05, 0.1) is 0 Å². The monoisotopic (exact) mass is 265 g/mol. The van der Waals surface area contributed by atoms with Crippen molar-refractivity contribution in [1.29, 1.82) is 0 Å². The second kappa shape index (κ2) is 5.41. The van der Waals surface area contributed by atoms with Crippen molar-refractivity contribution in [2.24, 2.45) is 5.73 Å². The molecule has 2 N–H and O–H groups in total. The van der Waals surface area contributed by atoms with Gasteiger partial charge in [0.1, 0.15) is 0 Å². The van der Waals surface area contributed by atoms with E-state index in [0.29, 0.717) is 18.4 Å². The zero-order chi connectivity index (χ0) is 13.3. The summed E-state index contributed by atoms with van der Waals surface area (Å²) in [4.78, 5) is 17.1. The van der Waals surface area contributed by atoms with Gasteiger partial charge in [-0.2, -0.15) is 0 Å². The lowest BCUT2D eigenvalue weighted by Gasteiger charge is -2.44. The number of carbonyl (C=O) groups is 1. The fraction of sp³-hybridized carbons (Fsp3) is 0.933. The molecule has 0 bridgehead atoms. The number of fused-ring (bicyclic) bond motifs is 1. The zero-order valence-corrected chi connectivity index (χ0v) is 11.9. The van der Waals surface area contributed by atoms with E-state index in [2.05, 4.69) is 9.80 Å². The summed E-state index contributed by atoms with van der Waals surface area (Å²) in [6, 6.07) is 0.615. The molecule has 3 aliphatic rings. The summed E-state index contributed by atoms with van der Waals surface area (Å²) >= 11 is 0. The largest absolute Gasteiger partial charge is 0.340 e. The van der Waals surface area contributed by atoms with Crippen molar-refractivity contribution in [1.82, 2.24) is 9.80 Å². The van der Waals surface area contributed by atoms with Gasteiger partial charge in [0.25, 0.3) is 0 Å². The van der Waals surface area contributed by atoms with Crippen molar-refractivity contribution in [3.8, 4) is 0 Å². The minimum absolute atomic E-state index is 0.194. The summed E-state index contributed by atoms with van der Waals surface area (Å²) in [5.74, 6) is 0.301. The molecule has 1 aliphatic carbocycles. The highest BCUT2D eigenvalue weighted by molar-refractivity contribution is 5.77. The van der Waals surface area contributed by atoms with Gasteiger partial charge in [-0.05, 0) is 32.2 Å². The van der Waals surface area contributed by atoms with Gasteiger partial charge in [-0.3, -0.25) is 9.69 Å². The number of nitrogens with two attached hydrogens (primary N) is 1. The number of piperazine rings is 1. The van der Waals surface area contributed by atoms with E-state index in [1.165, 1.54) is 38.6 Å². The van der Waals surface area contributed by atoms with Crippen LogP contribution in [0, 0.1) is 0 Å². The Morgan fingerprint density at radius 3 is 2.68 bits per heavy atom. The van der Waals surface area contributed by atoms with Crippen LogP contribution in [0.4, 0.5) is 0 Å². The molecular weight excluding hydrogens is 238 g/mol. The lowest BCUT2D eigenvalue weighted by Crippen LogP contribution is -2.57. The number of hydrogen-bond acceptors (Lipinski definition) is 3. The van der Waals surface area contributed by atoms with Gasteiger partial charge in [-0.25, -0.2) is 0 Å². The molecule has 2 heterocycles. The molecule has 0 aromatic carbocycles. The molecule has 2 aliphatic heterocycles. The highest BCUT2D eigenvalue weighted by atomic mass is 16.2. The number of rotatable bonds is 2. The van der Waals surface area contributed by atoms with E-state index >= 15 is 0 Å². The minimum Gasteiger partial charge on any atom is -0.340 e. The van der Waals surface area contributed by atoms with Crippen molar-refractivity contribution < 1.29 is 4.79 Å². The first kappa shape index (κ1) is 13.4. The van der Waals surface area contributed by atoms with Crippen LogP contribution < -0.4 is 5.73 Å². The highest BCUT2D eigenvalue weighted by Gasteiger charge is 2.36. The van der Waals surface area contributed by atoms with E-state index in [-0.39, 0.29) is 5.54 Å². The minimum atomic E-state index is -0.194. The molecule has 0 spiro atoms. The third-order valence-electron chi connectivity index (χ3n) is 5.29. The number of carbonyl (C=O) groups excluding carboxylic acids is 1. The maximum atomic E-state index is 12.5. The van der Waals surface area contributed by atoms with Crippen LogP contribution in [0.25, 0.3) is 0 Å². The fourth-order valence-corrected chi connectivity index (χ4v) is 4.05. The average Bonchev–Trinajstić information content (AvgIpc) is 2.84. The topological polar surface area (TPSA) is 49.6 Å². The average molecular weight is 265 g/mol. The van der Waals surface area contributed by atoms with Crippen LogP contribution >= 0.6 is 0 Å². The molecule has 108 valence electrons. The Labute approximate surface area is 116 Å². The zero-order valence-electron chi connectivity index (χ0n) is 11.9. The number of hydrogen-bond donors (Lipinski definition) is 1. The predicted octanol–water partition coefficient (Wildman–Crippen LogP) is 1.34. The Kier molecular flexibility index (Phi) is 3.81. The molecule has 4 nitrogen and oxygen atoms in total. The van der Waals surface area contributed by atoms with Crippen molar-refractivity contribution >= 4 is 5.91 Å². The molecule has 1 atom stereocenters. The summed E-state index contributed by atoms with van der Waals surface area (Å²) in [7, 11) is 0. The first-order valence-electron chi connectivity index (χ1n) is 7.97. The third kappa shape index (κ3) is 2.95. The smallest absolute Gasteiger partial charge is 0.224 e. The Balaban J connectivity index is 1.55. The van der Waals surface area contributed by atoms with Gasteiger partial charge in [-0.15, -0.1) is 0 Å². The number of nitrogens with zero attached hydrogens (tertiary/aromatic N) is 2. The molecule has 0 radical (unpaired) electrons. The van der Waals surface area contributed by atoms with Crippen LogP contribution in [0.15, 0.2) is 0 Å². The molecule has 4 heteroatoms. The van der Waals surface area contributed by atoms with Gasteiger partial charge in [-0.1, -0.05) is 19.3 Å². The van der Waals surface area contributed by atoms with E-state index < -0.39 is 0 Å². The maximum Gasteiger partial charge on any atom is 0.224 e. The van der Waals surface area contributed by atoms with E-state index in [1.807, 2.05) is 0 Å². The lowest BCUT2D eigenvalue weighted by atomic mass is 9.93. The number of piperidine rings is 1. The summed E-state index contributed by atoms with van der Waals surface area (Å²) < 4.78 is 0. The van der Waals surface area contributed by atoms with Crippen LogP contribution in [0.3, 0.4) is 0 Å². The molecule has 1 saturated carbocycles.